The maximum absolute atomic E-state index is 11.5. The Balaban J connectivity index is 2.33. The molecule has 1 aliphatic rings. The minimum absolute atomic E-state index is 0.0679. The van der Waals surface area contributed by atoms with E-state index in [9.17, 15) is 4.79 Å². The normalized spacial score (nSPS) is 30.3. The van der Waals surface area contributed by atoms with Gasteiger partial charge in [0.15, 0.2) is 0 Å². The molecule has 1 aromatic rings. The van der Waals surface area contributed by atoms with E-state index in [1.165, 1.54) is 5.56 Å². The smallest absolute Gasteiger partial charge is 0.221 e. The predicted molar refractivity (Wildman–Crippen MR) is 60.3 cm³/mol. The van der Waals surface area contributed by atoms with Gasteiger partial charge in [-0.05, 0) is 12.0 Å². The summed E-state index contributed by atoms with van der Waals surface area (Å²) in [6, 6.07) is 10.4. The molecule has 1 saturated heterocycles. The maximum Gasteiger partial charge on any atom is 0.221 e. The molecule has 2 rings (SSSR count). The van der Waals surface area contributed by atoms with Crippen molar-refractivity contribution in [2.75, 3.05) is 0 Å². The van der Waals surface area contributed by atoms with Gasteiger partial charge in [0, 0.05) is 11.8 Å². The van der Waals surface area contributed by atoms with Crippen molar-refractivity contribution >= 4 is 5.91 Å². The van der Waals surface area contributed by atoms with E-state index < -0.39 is 0 Å². The van der Waals surface area contributed by atoms with Gasteiger partial charge in [-0.3, -0.25) is 4.79 Å². The van der Waals surface area contributed by atoms with Crippen molar-refractivity contribution in [1.29, 1.82) is 0 Å². The molecule has 2 unspecified atom stereocenters. The number of amides is 1. The molecule has 0 bridgehead atoms. The average Bonchev–Trinajstić information content (AvgIpc) is 2.56. The standard InChI is InChI=1S/C13H17NO/c1-3-13(2)9-11(15)14-12(13)10-7-5-4-6-8-10/h4-8,12H,3,9H2,1-2H3,(H,14,15). The van der Waals surface area contributed by atoms with E-state index in [-0.39, 0.29) is 17.4 Å². The van der Waals surface area contributed by atoms with Crippen LogP contribution in [0.3, 0.4) is 0 Å². The number of benzene rings is 1. The van der Waals surface area contributed by atoms with Crippen molar-refractivity contribution in [3.05, 3.63) is 35.9 Å². The summed E-state index contributed by atoms with van der Waals surface area (Å²) in [7, 11) is 0. The number of carbonyl (C=O) groups excluding carboxylic acids is 1. The van der Waals surface area contributed by atoms with Crippen molar-refractivity contribution in [2.24, 2.45) is 5.41 Å². The zero-order chi connectivity index (χ0) is 10.9. The molecule has 1 aromatic carbocycles. The van der Waals surface area contributed by atoms with Crippen molar-refractivity contribution in [3.8, 4) is 0 Å². The Kier molecular flexibility index (Phi) is 2.51. The highest BCUT2D eigenvalue weighted by Crippen LogP contribution is 2.43. The van der Waals surface area contributed by atoms with Crippen LogP contribution in [-0.4, -0.2) is 5.91 Å². The minimum Gasteiger partial charge on any atom is -0.349 e. The van der Waals surface area contributed by atoms with E-state index in [2.05, 4.69) is 31.3 Å². The molecule has 2 nitrogen and oxygen atoms in total. The molecule has 0 aliphatic carbocycles. The maximum atomic E-state index is 11.5. The van der Waals surface area contributed by atoms with Gasteiger partial charge >= 0.3 is 0 Å². The summed E-state index contributed by atoms with van der Waals surface area (Å²) in [5.74, 6) is 0.174. The van der Waals surface area contributed by atoms with E-state index in [1.54, 1.807) is 0 Å². The van der Waals surface area contributed by atoms with E-state index in [1.807, 2.05) is 18.2 Å². The molecule has 2 atom stereocenters. The summed E-state index contributed by atoms with van der Waals surface area (Å²) >= 11 is 0. The predicted octanol–water partition coefficient (Wildman–Crippen LogP) is 2.66. The van der Waals surface area contributed by atoms with Crippen LogP contribution in [0.4, 0.5) is 0 Å². The topological polar surface area (TPSA) is 29.1 Å². The quantitative estimate of drug-likeness (QED) is 0.786. The van der Waals surface area contributed by atoms with Gasteiger partial charge in [-0.25, -0.2) is 0 Å². The summed E-state index contributed by atoms with van der Waals surface area (Å²) < 4.78 is 0. The Bertz CT molecular complexity index is 360. The Morgan fingerprint density at radius 1 is 1.40 bits per heavy atom. The molecule has 0 saturated carbocycles. The molecule has 80 valence electrons. The summed E-state index contributed by atoms with van der Waals surface area (Å²) in [5.41, 5.74) is 1.28. The van der Waals surface area contributed by atoms with Gasteiger partial charge in [-0.1, -0.05) is 44.2 Å². The Morgan fingerprint density at radius 2 is 2.07 bits per heavy atom. The molecule has 1 aliphatic heterocycles. The van der Waals surface area contributed by atoms with E-state index >= 15 is 0 Å². The van der Waals surface area contributed by atoms with Crippen LogP contribution in [0, 0.1) is 5.41 Å². The van der Waals surface area contributed by atoms with Crippen LogP contribution in [0.25, 0.3) is 0 Å². The first kappa shape index (κ1) is 10.2. The highest BCUT2D eigenvalue weighted by atomic mass is 16.2. The average molecular weight is 203 g/mol. The van der Waals surface area contributed by atoms with Crippen molar-refractivity contribution in [1.82, 2.24) is 5.32 Å². The van der Waals surface area contributed by atoms with Crippen LogP contribution in [-0.2, 0) is 4.79 Å². The molecular formula is C13H17NO. The van der Waals surface area contributed by atoms with Crippen molar-refractivity contribution in [3.63, 3.8) is 0 Å². The fraction of sp³-hybridized carbons (Fsp3) is 0.462. The number of rotatable bonds is 2. The van der Waals surface area contributed by atoms with Crippen molar-refractivity contribution < 1.29 is 4.79 Å². The van der Waals surface area contributed by atoms with E-state index in [0.29, 0.717) is 6.42 Å². The van der Waals surface area contributed by atoms with Gasteiger partial charge in [-0.15, -0.1) is 0 Å². The van der Waals surface area contributed by atoms with Crippen LogP contribution in [0.15, 0.2) is 30.3 Å². The molecule has 1 N–H and O–H groups in total. The molecule has 15 heavy (non-hydrogen) atoms. The van der Waals surface area contributed by atoms with Gasteiger partial charge in [0.05, 0.1) is 6.04 Å². The van der Waals surface area contributed by atoms with Gasteiger partial charge in [-0.2, -0.15) is 0 Å². The second-order valence-electron chi connectivity index (χ2n) is 4.60. The van der Waals surface area contributed by atoms with E-state index in [4.69, 9.17) is 0 Å². The van der Waals surface area contributed by atoms with E-state index in [0.717, 1.165) is 6.42 Å². The second kappa shape index (κ2) is 3.69. The third-order valence-corrected chi connectivity index (χ3v) is 3.51. The summed E-state index contributed by atoms with van der Waals surface area (Å²) in [5, 5.41) is 3.07. The fourth-order valence-corrected chi connectivity index (χ4v) is 2.32. The Labute approximate surface area is 90.7 Å². The monoisotopic (exact) mass is 203 g/mol. The largest absolute Gasteiger partial charge is 0.349 e. The first-order chi connectivity index (χ1) is 7.15. The lowest BCUT2D eigenvalue weighted by molar-refractivity contribution is -0.119. The SMILES string of the molecule is CCC1(C)CC(=O)NC1c1ccccc1. The van der Waals surface area contributed by atoms with Gasteiger partial charge in [0.1, 0.15) is 0 Å². The first-order valence-corrected chi connectivity index (χ1v) is 5.50. The molecule has 1 fully saturated rings. The number of carbonyl (C=O) groups is 1. The molecule has 0 radical (unpaired) electrons. The molecule has 0 spiro atoms. The van der Waals surface area contributed by atoms with Crippen molar-refractivity contribution in [2.45, 2.75) is 32.7 Å². The number of hydrogen-bond donors (Lipinski definition) is 1. The van der Waals surface area contributed by atoms with Crippen LogP contribution in [0.5, 0.6) is 0 Å². The molecule has 0 aromatic heterocycles. The van der Waals surface area contributed by atoms with Crippen LogP contribution in [0.2, 0.25) is 0 Å². The molecular weight excluding hydrogens is 186 g/mol. The third kappa shape index (κ3) is 1.76. The molecule has 2 heteroatoms. The van der Waals surface area contributed by atoms with Gasteiger partial charge in [0.2, 0.25) is 5.91 Å². The van der Waals surface area contributed by atoms with Gasteiger partial charge in [0.25, 0.3) is 0 Å². The number of nitrogens with one attached hydrogen (secondary N) is 1. The molecule has 1 heterocycles. The zero-order valence-electron chi connectivity index (χ0n) is 9.29. The van der Waals surface area contributed by atoms with Gasteiger partial charge < -0.3 is 5.32 Å². The minimum atomic E-state index is 0.0679. The Morgan fingerprint density at radius 3 is 2.67 bits per heavy atom. The van der Waals surface area contributed by atoms with Crippen LogP contribution < -0.4 is 5.32 Å². The third-order valence-electron chi connectivity index (χ3n) is 3.51. The summed E-state index contributed by atoms with van der Waals surface area (Å²) in [4.78, 5) is 11.5. The molecule has 1 amide bonds. The lowest BCUT2D eigenvalue weighted by Gasteiger charge is -2.29. The van der Waals surface area contributed by atoms with Crippen LogP contribution in [0.1, 0.15) is 38.3 Å². The lowest BCUT2D eigenvalue weighted by Crippen LogP contribution is -2.26. The fourth-order valence-electron chi connectivity index (χ4n) is 2.32. The van der Waals surface area contributed by atoms with Crippen LogP contribution >= 0.6 is 0 Å². The zero-order valence-corrected chi connectivity index (χ0v) is 9.29. The number of hydrogen-bond acceptors (Lipinski definition) is 1. The highest BCUT2D eigenvalue weighted by molar-refractivity contribution is 5.80. The second-order valence-corrected chi connectivity index (χ2v) is 4.60. The highest BCUT2D eigenvalue weighted by Gasteiger charge is 2.42. The Hall–Kier alpha value is -1.31. The first-order valence-electron chi connectivity index (χ1n) is 5.50. The summed E-state index contributed by atoms with van der Waals surface area (Å²) in [6.07, 6.45) is 1.66. The lowest BCUT2D eigenvalue weighted by atomic mass is 9.77. The summed E-state index contributed by atoms with van der Waals surface area (Å²) in [6.45, 7) is 4.33.